The molecule has 0 aliphatic heterocycles. The number of ether oxygens (including phenoxy) is 2. The number of hydrogen-bond donors (Lipinski definition) is 0. The van der Waals surface area contributed by atoms with E-state index in [4.69, 9.17) is 21.1 Å². The summed E-state index contributed by atoms with van der Waals surface area (Å²) in [6.45, 7) is 3.79. The van der Waals surface area contributed by atoms with Crippen LogP contribution in [0.4, 0.5) is 0 Å². The van der Waals surface area contributed by atoms with Gasteiger partial charge < -0.3 is 9.47 Å². The average Bonchev–Trinajstić information content (AvgIpc) is 2.68. The summed E-state index contributed by atoms with van der Waals surface area (Å²) < 4.78 is 36.1. The van der Waals surface area contributed by atoms with Crippen molar-refractivity contribution in [2.75, 3.05) is 20.7 Å². The molecule has 0 aliphatic rings. The molecule has 29 heavy (non-hydrogen) atoms. The van der Waals surface area contributed by atoms with E-state index in [0.29, 0.717) is 17.9 Å². The first-order valence-electron chi connectivity index (χ1n) is 8.78. The highest BCUT2D eigenvalue weighted by atomic mass is 35.5. The van der Waals surface area contributed by atoms with Crippen molar-refractivity contribution in [3.8, 4) is 5.75 Å². The van der Waals surface area contributed by atoms with Crippen LogP contribution in [-0.4, -0.2) is 51.3 Å². The fourth-order valence-electron chi connectivity index (χ4n) is 2.43. The van der Waals surface area contributed by atoms with Crippen molar-refractivity contribution in [1.29, 1.82) is 0 Å². The van der Waals surface area contributed by atoms with E-state index in [1.807, 2.05) is 6.92 Å². The molecular formula is C20H22ClNO6S. The Morgan fingerprint density at radius 3 is 2.28 bits per heavy atom. The Morgan fingerprint density at radius 2 is 1.72 bits per heavy atom. The maximum Gasteiger partial charge on any atom is 0.340 e. The minimum Gasteiger partial charge on any atom is -0.494 e. The van der Waals surface area contributed by atoms with E-state index >= 15 is 0 Å². The standard InChI is InChI=1S/C20H22ClNO6S/c1-5-27-15-8-6-14(7-9-15)19(23)13(2)28-20(24)17-12-16(10-11-18(17)21)29(25,26)22(3)4/h6-13H,5H2,1-4H3/t13-/m0/s1. The van der Waals surface area contributed by atoms with Gasteiger partial charge in [-0.2, -0.15) is 0 Å². The van der Waals surface area contributed by atoms with E-state index in [1.54, 1.807) is 24.3 Å². The van der Waals surface area contributed by atoms with E-state index < -0.39 is 27.9 Å². The maximum absolute atomic E-state index is 12.5. The first kappa shape index (κ1) is 22.9. The Kier molecular flexibility index (Phi) is 7.40. The van der Waals surface area contributed by atoms with Crippen molar-refractivity contribution in [2.24, 2.45) is 0 Å². The van der Waals surface area contributed by atoms with Crippen LogP contribution < -0.4 is 4.74 Å². The lowest BCUT2D eigenvalue weighted by molar-refractivity contribution is 0.0318. The van der Waals surface area contributed by atoms with E-state index in [2.05, 4.69) is 0 Å². The lowest BCUT2D eigenvalue weighted by Gasteiger charge is -2.15. The van der Waals surface area contributed by atoms with Crippen LogP contribution in [0.3, 0.4) is 0 Å². The molecule has 9 heteroatoms. The number of esters is 1. The SMILES string of the molecule is CCOc1ccc(C(=O)[C@H](C)OC(=O)c2cc(S(=O)(=O)N(C)C)ccc2Cl)cc1. The zero-order chi connectivity index (χ0) is 21.8. The van der Waals surface area contributed by atoms with E-state index in [1.165, 1.54) is 33.2 Å². The summed E-state index contributed by atoms with van der Waals surface area (Å²) >= 11 is 6.04. The van der Waals surface area contributed by atoms with Gasteiger partial charge in [-0.25, -0.2) is 17.5 Å². The molecule has 0 spiro atoms. The second kappa shape index (κ2) is 9.39. The molecule has 0 amide bonds. The zero-order valence-electron chi connectivity index (χ0n) is 16.5. The number of hydrogen-bond acceptors (Lipinski definition) is 6. The molecular weight excluding hydrogens is 418 g/mol. The fourth-order valence-corrected chi connectivity index (χ4v) is 3.55. The van der Waals surface area contributed by atoms with E-state index in [0.717, 1.165) is 10.4 Å². The molecule has 1 atom stereocenters. The number of benzene rings is 2. The third-order valence-corrected chi connectivity index (χ3v) is 6.18. The normalized spacial score (nSPS) is 12.5. The van der Waals surface area contributed by atoms with Gasteiger partial charge in [0.25, 0.3) is 0 Å². The molecule has 0 fully saturated rings. The monoisotopic (exact) mass is 439 g/mol. The topological polar surface area (TPSA) is 90.0 Å². The summed E-state index contributed by atoms with van der Waals surface area (Å²) in [6, 6.07) is 10.2. The number of nitrogens with zero attached hydrogens (tertiary/aromatic N) is 1. The van der Waals surface area contributed by atoms with Gasteiger partial charge in [-0.05, 0) is 56.3 Å². The smallest absolute Gasteiger partial charge is 0.340 e. The third kappa shape index (κ3) is 5.35. The van der Waals surface area contributed by atoms with Crippen LogP contribution in [0, 0.1) is 0 Å². The molecule has 2 aromatic rings. The highest BCUT2D eigenvalue weighted by Crippen LogP contribution is 2.24. The summed E-state index contributed by atoms with van der Waals surface area (Å²) in [5, 5.41) is 0.0217. The van der Waals surface area contributed by atoms with Crippen LogP contribution in [0.2, 0.25) is 5.02 Å². The van der Waals surface area contributed by atoms with Gasteiger partial charge in [0.2, 0.25) is 15.8 Å². The van der Waals surface area contributed by atoms with Gasteiger partial charge in [0.05, 0.1) is 22.1 Å². The summed E-state index contributed by atoms with van der Waals surface area (Å²) in [5.74, 6) is -0.674. The zero-order valence-corrected chi connectivity index (χ0v) is 18.1. The Bertz CT molecular complexity index is 1000. The highest BCUT2D eigenvalue weighted by molar-refractivity contribution is 7.89. The Balaban J connectivity index is 2.19. The second-order valence-electron chi connectivity index (χ2n) is 6.30. The summed E-state index contributed by atoms with van der Waals surface area (Å²) in [5.41, 5.74) is 0.213. The number of Topliss-reactive ketones (excluding diaryl/α,β-unsaturated/α-hetero) is 1. The molecule has 0 N–H and O–H groups in total. The first-order chi connectivity index (χ1) is 13.6. The van der Waals surface area contributed by atoms with Crippen molar-refractivity contribution in [3.05, 3.63) is 58.6 Å². The molecule has 0 unspecified atom stereocenters. The van der Waals surface area contributed by atoms with Crippen LogP contribution >= 0.6 is 11.6 Å². The van der Waals surface area contributed by atoms with Gasteiger partial charge in [0, 0.05) is 19.7 Å². The van der Waals surface area contributed by atoms with E-state index in [9.17, 15) is 18.0 Å². The minimum absolute atomic E-state index is 0.0217. The maximum atomic E-state index is 12.5. The molecule has 7 nitrogen and oxygen atoms in total. The van der Waals surface area contributed by atoms with Crippen LogP contribution in [0.1, 0.15) is 34.6 Å². The van der Waals surface area contributed by atoms with Gasteiger partial charge >= 0.3 is 5.97 Å². The first-order valence-corrected chi connectivity index (χ1v) is 10.6. The number of sulfonamides is 1. The molecule has 2 aromatic carbocycles. The third-order valence-electron chi connectivity index (χ3n) is 4.04. The molecule has 0 saturated heterocycles. The number of rotatable bonds is 8. The Morgan fingerprint density at radius 1 is 1.10 bits per heavy atom. The number of ketones is 1. The average molecular weight is 440 g/mol. The summed E-state index contributed by atoms with van der Waals surface area (Å²) in [4.78, 5) is 24.9. The van der Waals surface area contributed by atoms with Crippen molar-refractivity contribution >= 4 is 33.4 Å². The molecule has 0 aliphatic carbocycles. The van der Waals surface area contributed by atoms with Gasteiger partial charge in [-0.1, -0.05) is 11.6 Å². The second-order valence-corrected chi connectivity index (χ2v) is 8.86. The van der Waals surface area contributed by atoms with Crippen LogP contribution in [-0.2, 0) is 14.8 Å². The lowest BCUT2D eigenvalue weighted by atomic mass is 10.1. The predicted octanol–water partition coefficient (Wildman–Crippen LogP) is 3.42. The summed E-state index contributed by atoms with van der Waals surface area (Å²) in [6.07, 6.45) is -1.09. The molecule has 0 saturated carbocycles. The Labute approximate surface area is 175 Å². The van der Waals surface area contributed by atoms with Crippen molar-refractivity contribution < 1.29 is 27.5 Å². The van der Waals surface area contributed by atoms with Crippen LogP contribution in [0.5, 0.6) is 5.75 Å². The van der Waals surface area contributed by atoms with Gasteiger partial charge in [-0.3, -0.25) is 4.79 Å². The van der Waals surface area contributed by atoms with Crippen LogP contribution in [0.25, 0.3) is 0 Å². The molecule has 0 aromatic heterocycles. The summed E-state index contributed by atoms with van der Waals surface area (Å²) in [7, 11) is -1.01. The Hall–Kier alpha value is -2.42. The van der Waals surface area contributed by atoms with Crippen molar-refractivity contribution in [3.63, 3.8) is 0 Å². The number of carbonyl (C=O) groups is 2. The molecule has 156 valence electrons. The number of carbonyl (C=O) groups excluding carboxylic acids is 2. The lowest BCUT2D eigenvalue weighted by Crippen LogP contribution is -2.25. The minimum atomic E-state index is -3.76. The molecule has 0 bridgehead atoms. The van der Waals surface area contributed by atoms with E-state index in [-0.39, 0.29) is 15.5 Å². The molecule has 0 heterocycles. The van der Waals surface area contributed by atoms with Crippen molar-refractivity contribution in [1.82, 2.24) is 4.31 Å². The van der Waals surface area contributed by atoms with Gasteiger partial charge in [-0.15, -0.1) is 0 Å². The number of halogens is 1. The molecule has 2 rings (SSSR count). The quantitative estimate of drug-likeness (QED) is 0.462. The van der Waals surface area contributed by atoms with Gasteiger partial charge in [0.15, 0.2) is 6.10 Å². The predicted molar refractivity (Wildman–Crippen MR) is 109 cm³/mol. The molecule has 0 radical (unpaired) electrons. The largest absolute Gasteiger partial charge is 0.494 e. The fraction of sp³-hybridized carbons (Fsp3) is 0.300. The van der Waals surface area contributed by atoms with Crippen LogP contribution in [0.15, 0.2) is 47.4 Å². The highest BCUT2D eigenvalue weighted by Gasteiger charge is 2.25. The van der Waals surface area contributed by atoms with Crippen molar-refractivity contribution in [2.45, 2.75) is 24.8 Å². The van der Waals surface area contributed by atoms with Gasteiger partial charge in [0.1, 0.15) is 5.75 Å².